The van der Waals surface area contributed by atoms with Crippen LogP contribution in [-0.2, 0) is 0 Å². The molecule has 1 aliphatic carbocycles. The van der Waals surface area contributed by atoms with Gasteiger partial charge in [0.2, 0.25) is 0 Å². The smallest absolute Gasteiger partial charge is 0.127 e. The predicted octanol–water partition coefficient (Wildman–Crippen LogP) is 2.39. The largest absolute Gasteiger partial charge is 0.496 e. The molecule has 0 aromatic heterocycles. The van der Waals surface area contributed by atoms with Gasteiger partial charge in [0.25, 0.3) is 0 Å². The van der Waals surface area contributed by atoms with Crippen molar-refractivity contribution in [3.63, 3.8) is 0 Å². The molecule has 0 bridgehead atoms. The van der Waals surface area contributed by atoms with E-state index in [-0.39, 0.29) is 12.2 Å². The normalized spacial score (nSPS) is 23.5. The average molecular weight is 252 g/mol. The zero-order valence-electron chi connectivity index (χ0n) is 10.9. The van der Waals surface area contributed by atoms with E-state index in [0.717, 1.165) is 25.7 Å². The lowest BCUT2D eigenvalue weighted by Crippen LogP contribution is -2.34. The van der Waals surface area contributed by atoms with Crippen molar-refractivity contribution in [2.24, 2.45) is 0 Å². The third kappa shape index (κ3) is 3.07. The van der Waals surface area contributed by atoms with Crippen LogP contribution in [0.1, 0.15) is 25.7 Å². The summed E-state index contributed by atoms with van der Waals surface area (Å²) in [6, 6.07) is 5.41. The maximum Gasteiger partial charge on any atom is 0.127 e. The molecule has 1 saturated carbocycles. The lowest BCUT2D eigenvalue weighted by Gasteiger charge is -2.28. The number of ether oxygens (including phenoxy) is 3. The highest BCUT2D eigenvalue weighted by Crippen LogP contribution is 2.30. The van der Waals surface area contributed by atoms with Gasteiger partial charge < -0.3 is 19.3 Å². The Labute approximate surface area is 107 Å². The summed E-state index contributed by atoms with van der Waals surface area (Å²) in [5.41, 5.74) is 0. The van der Waals surface area contributed by atoms with Gasteiger partial charge in [0.15, 0.2) is 0 Å². The van der Waals surface area contributed by atoms with Gasteiger partial charge in [-0.2, -0.15) is 0 Å². The van der Waals surface area contributed by atoms with E-state index in [0.29, 0.717) is 17.2 Å². The fourth-order valence-corrected chi connectivity index (χ4v) is 2.24. The molecular weight excluding hydrogens is 232 g/mol. The highest BCUT2D eigenvalue weighted by molar-refractivity contribution is 5.42. The third-order valence-electron chi connectivity index (χ3n) is 3.28. The molecule has 0 aliphatic heterocycles. The van der Waals surface area contributed by atoms with Crippen LogP contribution in [0.5, 0.6) is 17.2 Å². The highest BCUT2D eigenvalue weighted by Gasteiger charge is 2.24. The molecule has 2 rings (SSSR count). The Morgan fingerprint density at radius 2 is 1.50 bits per heavy atom. The molecule has 1 aliphatic rings. The second-order valence-corrected chi connectivity index (χ2v) is 4.56. The predicted molar refractivity (Wildman–Crippen MR) is 68.4 cm³/mol. The molecule has 0 saturated heterocycles. The van der Waals surface area contributed by atoms with E-state index in [1.54, 1.807) is 20.3 Å². The van der Waals surface area contributed by atoms with Crippen molar-refractivity contribution < 1.29 is 19.3 Å². The molecule has 0 radical (unpaired) electrons. The first-order valence-electron chi connectivity index (χ1n) is 6.30. The van der Waals surface area contributed by atoms with Crippen LogP contribution in [0.4, 0.5) is 0 Å². The number of rotatable bonds is 4. The first kappa shape index (κ1) is 13.0. The Bertz CT molecular complexity index is 369. The molecule has 4 nitrogen and oxygen atoms in total. The zero-order valence-corrected chi connectivity index (χ0v) is 10.9. The maximum absolute atomic E-state index is 9.90. The van der Waals surface area contributed by atoms with Gasteiger partial charge in [-0.15, -0.1) is 0 Å². The lowest BCUT2D eigenvalue weighted by molar-refractivity contribution is 0.00668. The molecular formula is C14H20O4. The maximum atomic E-state index is 9.90. The summed E-state index contributed by atoms with van der Waals surface area (Å²) in [6.45, 7) is 0. The van der Waals surface area contributed by atoms with Crippen LogP contribution in [0.3, 0.4) is 0 Å². The molecule has 18 heavy (non-hydrogen) atoms. The second-order valence-electron chi connectivity index (χ2n) is 4.56. The van der Waals surface area contributed by atoms with Gasteiger partial charge in [0.05, 0.1) is 20.3 Å². The van der Waals surface area contributed by atoms with Gasteiger partial charge in [-0.05, 0) is 19.3 Å². The van der Waals surface area contributed by atoms with Crippen molar-refractivity contribution in [1.82, 2.24) is 0 Å². The van der Waals surface area contributed by atoms with E-state index in [4.69, 9.17) is 14.2 Å². The monoisotopic (exact) mass is 252 g/mol. The quantitative estimate of drug-likeness (QED) is 0.893. The van der Waals surface area contributed by atoms with E-state index >= 15 is 0 Å². The fourth-order valence-electron chi connectivity index (χ4n) is 2.24. The molecule has 2 atom stereocenters. The molecule has 0 unspecified atom stereocenters. The van der Waals surface area contributed by atoms with Gasteiger partial charge in [0, 0.05) is 18.2 Å². The van der Waals surface area contributed by atoms with Gasteiger partial charge in [-0.3, -0.25) is 0 Å². The minimum atomic E-state index is -0.379. The molecule has 4 heteroatoms. The minimum Gasteiger partial charge on any atom is -0.496 e. The van der Waals surface area contributed by atoms with Crippen molar-refractivity contribution in [1.29, 1.82) is 0 Å². The van der Waals surface area contributed by atoms with Crippen LogP contribution in [0.2, 0.25) is 0 Å². The molecule has 0 spiro atoms. The van der Waals surface area contributed by atoms with Crippen LogP contribution in [0, 0.1) is 0 Å². The van der Waals surface area contributed by atoms with Gasteiger partial charge >= 0.3 is 0 Å². The van der Waals surface area contributed by atoms with E-state index in [2.05, 4.69) is 0 Å². The molecule has 1 aromatic carbocycles. The molecule has 1 N–H and O–H groups in total. The second kappa shape index (κ2) is 5.96. The summed E-state index contributed by atoms with van der Waals surface area (Å²) in [7, 11) is 3.21. The Morgan fingerprint density at radius 3 is 2.06 bits per heavy atom. The summed E-state index contributed by atoms with van der Waals surface area (Å²) < 4.78 is 16.2. The molecule has 0 amide bonds. The van der Waals surface area contributed by atoms with Crippen LogP contribution in [-0.4, -0.2) is 31.5 Å². The Morgan fingerprint density at radius 1 is 0.944 bits per heavy atom. The van der Waals surface area contributed by atoms with Crippen LogP contribution in [0.15, 0.2) is 18.2 Å². The first-order chi connectivity index (χ1) is 8.72. The Hall–Kier alpha value is -1.42. The third-order valence-corrected chi connectivity index (χ3v) is 3.28. The minimum absolute atomic E-state index is 0.129. The standard InChI is InChI=1S/C14H20O4/c1-16-10-7-11(17-2)9-12(8-10)18-14-6-4-3-5-13(14)15/h7-9,13-15H,3-6H2,1-2H3/t13-,14-/m1/s1. The van der Waals surface area contributed by atoms with Crippen LogP contribution >= 0.6 is 0 Å². The molecule has 1 fully saturated rings. The lowest BCUT2D eigenvalue weighted by atomic mass is 9.95. The van der Waals surface area contributed by atoms with Crippen molar-refractivity contribution in [2.45, 2.75) is 37.9 Å². The van der Waals surface area contributed by atoms with Crippen LogP contribution < -0.4 is 14.2 Å². The number of aliphatic hydroxyl groups excluding tert-OH is 1. The van der Waals surface area contributed by atoms with Crippen molar-refractivity contribution >= 4 is 0 Å². The van der Waals surface area contributed by atoms with Crippen molar-refractivity contribution in [3.8, 4) is 17.2 Å². The van der Waals surface area contributed by atoms with Crippen LogP contribution in [0.25, 0.3) is 0 Å². The fraction of sp³-hybridized carbons (Fsp3) is 0.571. The SMILES string of the molecule is COc1cc(OC)cc(O[C@@H]2CCCC[C@H]2O)c1. The number of methoxy groups -OCH3 is 2. The first-order valence-corrected chi connectivity index (χ1v) is 6.30. The van der Waals surface area contributed by atoms with E-state index in [9.17, 15) is 5.11 Å². The summed E-state index contributed by atoms with van der Waals surface area (Å²) in [6.07, 6.45) is 3.36. The zero-order chi connectivity index (χ0) is 13.0. The number of aliphatic hydroxyl groups is 1. The van der Waals surface area contributed by atoms with E-state index < -0.39 is 0 Å². The van der Waals surface area contributed by atoms with E-state index in [1.165, 1.54) is 0 Å². The summed E-state index contributed by atoms with van der Waals surface area (Å²) in [5.74, 6) is 2.06. The molecule has 0 heterocycles. The highest BCUT2D eigenvalue weighted by atomic mass is 16.5. The average Bonchev–Trinajstić information content (AvgIpc) is 2.41. The summed E-state index contributed by atoms with van der Waals surface area (Å²) in [5, 5.41) is 9.90. The number of hydrogen-bond acceptors (Lipinski definition) is 4. The van der Waals surface area contributed by atoms with Gasteiger partial charge in [0.1, 0.15) is 23.4 Å². The Balaban J connectivity index is 2.12. The Kier molecular flexibility index (Phi) is 4.31. The van der Waals surface area contributed by atoms with E-state index in [1.807, 2.05) is 12.1 Å². The topological polar surface area (TPSA) is 47.9 Å². The number of benzene rings is 1. The number of hydrogen-bond donors (Lipinski definition) is 1. The summed E-state index contributed by atoms with van der Waals surface area (Å²) in [4.78, 5) is 0. The van der Waals surface area contributed by atoms with Crippen molar-refractivity contribution in [2.75, 3.05) is 14.2 Å². The molecule has 1 aromatic rings. The van der Waals surface area contributed by atoms with Crippen molar-refractivity contribution in [3.05, 3.63) is 18.2 Å². The van der Waals surface area contributed by atoms with Gasteiger partial charge in [-0.25, -0.2) is 0 Å². The summed E-state index contributed by atoms with van der Waals surface area (Å²) >= 11 is 0. The molecule has 100 valence electrons. The van der Waals surface area contributed by atoms with Gasteiger partial charge in [-0.1, -0.05) is 6.42 Å².